The molecule has 1 unspecified atom stereocenters. The highest BCUT2D eigenvalue weighted by Gasteiger charge is 2.37. The summed E-state index contributed by atoms with van der Waals surface area (Å²) < 4.78 is 0. The third kappa shape index (κ3) is 1.37. The Hall–Kier alpha value is -0.470. The predicted molar refractivity (Wildman–Crippen MR) is 61.7 cm³/mol. The van der Waals surface area contributed by atoms with E-state index in [1.807, 2.05) is 0 Å². The van der Waals surface area contributed by atoms with E-state index in [1.165, 1.54) is 31.6 Å². The van der Waals surface area contributed by atoms with Crippen LogP contribution in [0.1, 0.15) is 17.5 Å². The Labute approximate surface area is 89.3 Å². The quantitative estimate of drug-likeness (QED) is 0.697. The van der Waals surface area contributed by atoms with E-state index in [1.54, 1.807) is 11.1 Å². The van der Waals surface area contributed by atoms with Gasteiger partial charge in [0.05, 0.1) is 4.87 Å². The topological polar surface area (TPSA) is 12.0 Å². The molecular weight excluding hydrogens is 190 g/mol. The summed E-state index contributed by atoms with van der Waals surface area (Å²) in [5.74, 6) is 1.28. The molecule has 1 aromatic rings. The van der Waals surface area contributed by atoms with Crippen LogP contribution in [0, 0.1) is 0 Å². The van der Waals surface area contributed by atoms with Gasteiger partial charge in [0.2, 0.25) is 0 Å². The van der Waals surface area contributed by atoms with E-state index in [0.29, 0.717) is 4.87 Å². The summed E-state index contributed by atoms with van der Waals surface area (Å²) in [4.78, 5) is 0.383. The zero-order valence-corrected chi connectivity index (χ0v) is 9.07. The number of thioether (sulfide) groups is 1. The smallest absolute Gasteiger partial charge is 0.0689 e. The van der Waals surface area contributed by atoms with E-state index in [2.05, 4.69) is 41.3 Å². The summed E-state index contributed by atoms with van der Waals surface area (Å²) in [6, 6.07) is 8.89. The summed E-state index contributed by atoms with van der Waals surface area (Å²) in [6.07, 6.45) is 3.76. The van der Waals surface area contributed by atoms with Gasteiger partial charge in [-0.1, -0.05) is 24.3 Å². The molecule has 0 radical (unpaired) electrons. The maximum absolute atomic E-state index is 3.68. The third-order valence-corrected chi connectivity index (χ3v) is 4.77. The maximum atomic E-state index is 3.68. The zero-order chi connectivity index (χ0) is 9.43. The van der Waals surface area contributed by atoms with E-state index < -0.39 is 0 Å². The van der Waals surface area contributed by atoms with Crippen molar-refractivity contribution in [3.63, 3.8) is 0 Å². The van der Waals surface area contributed by atoms with Gasteiger partial charge in [0.25, 0.3) is 0 Å². The van der Waals surface area contributed by atoms with Crippen LogP contribution in [0.5, 0.6) is 0 Å². The van der Waals surface area contributed by atoms with Crippen molar-refractivity contribution in [3.8, 4) is 0 Å². The molecule has 1 N–H and O–H groups in total. The second-order valence-corrected chi connectivity index (χ2v) is 5.69. The lowest BCUT2D eigenvalue weighted by Crippen LogP contribution is -2.42. The minimum absolute atomic E-state index is 0.383. The molecule has 2 heteroatoms. The van der Waals surface area contributed by atoms with Crippen LogP contribution >= 0.6 is 11.8 Å². The van der Waals surface area contributed by atoms with E-state index in [4.69, 9.17) is 0 Å². The van der Waals surface area contributed by atoms with Crippen LogP contribution in [0.3, 0.4) is 0 Å². The van der Waals surface area contributed by atoms with Crippen LogP contribution < -0.4 is 5.32 Å². The van der Waals surface area contributed by atoms with Gasteiger partial charge in [-0.25, -0.2) is 0 Å². The van der Waals surface area contributed by atoms with Gasteiger partial charge >= 0.3 is 0 Å². The van der Waals surface area contributed by atoms with Gasteiger partial charge < -0.3 is 5.32 Å². The Morgan fingerprint density at radius 2 is 2.07 bits per heavy atom. The Morgan fingerprint density at radius 3 is 2.86 bits per heavy atom. The SMILES string of the molecule is c1ccc2c(c1)CCC1(C2)NCCS1. The molecule has 3 rings (SSSR count). The molecule has 1 heterocycles. The van der Waals surface area contributed by atoms with Crippen LogP contribution in [0.4, 0.5) is 0 Å². The fourth-order valence-corrected chi connectivity index (χ4v) is 3.86. The normalized spacial score (nSPS) is 30.6. The van der Waals surface area contributed by atoms with Crippen molar-refractivity contribution in [2.24, 2.45) is 0 Å². The number of benzene rings is 1. The Bertz CT molecular complexity index is 342. The average Bonchev–Trinajstić information content (AvgIpc) is 2.66. The van der Waals surface area contributed by atoms with Crippen molar-refractivity contribution in [1.82, 2.24) is 5.32 Å². The van der Waals surface area contributed by atoms with Gasteiger partial charge in [0.15, 0.2) is 0 Å². The lowest BCUT2D eigenvalue weighted by atomic mass is 9.88. The van der Waals surface area contributed by atoms with E-state index in [0.717, 1.165) is 0 Å². The van der Waals surface area contributed by atoms with Crippen LogP contribution in [0.15, 0.2) is 24.3 Å². The molecule has 1 aliphatic carbocycles. The summed E-state index contributed by atoms with van der Waals surface area (Å²) in [5, 5.41) is 3.68. The van der Waals surface area contributed by atoms with Crippen molar-refractivity contribution in [2.45, 2.75) is 24.1 Å². The van der Waals surface area contributed by atoms with E-state index in [9.17, 15) is 0 Å². The Morgan fingerprint density at radius 1 is 1.21 bits per heavy atom. The van der Waals surface area contributed by atoms with Crippen molar-refractivity contribution >= 4 is 11.8 Å². The van der Waals surface area contributed by atoms with E-state index in [-0.39, 0.29) is 0 Å². The number of fused-ring (bicyclic) bond motifs is 1. The van der Waals surface area contributed by atoms with Crippen LogP contribution in [-0.4, -0.2) is 17.2 Å². The second kappa shape index (κ2) is 3.28. The van der Waals surface area contributed by atoms with Crippen molar-refractivity contribution in [2.75, 3.05) is 12.3 Å². The van der Waals surface area contributed by atoms with Gasteiger partial charge in [-0.2, -0.15) is 0 Å². The first kappa shape index (κ1) is 8.81. The highest BCUT2D eigenvalue weighted by molar-refractivity contribution is 8.00. The number of hydrogen-bond acceptors (Lipinski definition) is 2. The fraction of sp³-hybridized carbons (Fsp3) is 0.500. The summed E-state index contributed by atoms with van der Waals surface area (Å²) in [6.45, 7) is 1.19. The first-order valence-electron chi connectivity index (χ1n) is 5.34. The van der Waals surface area contributed by atoms with Crippen molar-refractivity contribution in [1.29, 1.82) is 0 Å². The molecule has 1 aliphatic heterocycles. The third-order valence-electron chi connectivity index (χ3n) is 3.32. The molecule has 0 aromatic heterocycles. The molecule has 2 aliphatic rings. The number of nitrogens with one attached hydrogen (secondary N) is 1. The summed E-state index contributed by atoms with van der Waals surface area (Å²) in [5.41, 5.74) is 3.12. The molecule has 1 atom stereocenters. The van der Waals surface area contributed by atoms with Crippen LogP contribution in [-0.2, 0) is 12.8 Å². The Kier molecular flexibility index (Phi) is 2.06. The molecule has 1 fully saturated rings. The largest absolute Gasteiger partial charge is 0.302 e. The number of hydrogen-bond donors (Lipinski definition) is 1. The lowest BCUT2D eigenvalue weighted by molar-refractivity contribution is 0.444. The van der Waals surface area contributed by atoms with Crippen molar-refractivity contribution < 1.29 is 0 Å². The van der Waals surface area contributed by atoms with Gasteiger partial charge in [0.1, 0.15) is 0 Å². The molecule has 14 heavy (non-hydrogen) atoms. The highest BCUT2D eigenvalue weighted by Crippen LogP contribution is 2.39. The monoisotopic (exact) mass is 205 g/mol. The van der Waals surface area contributed by atoms with Crippen LogP contribution in [0.25, 0.3) is 0 Å². The molecule has 0 amide bonds. The molecule has 1 nitrogen and oxygen atoms in total. The predicted octanol–water partition coefficient (Wildman–Crippen LogP) is 2.21. The second-order valence-electron chi connectivity index (χ2n) is 4.22. The molecule has 74 valence electrons. The zero-order valence-electron chi connectivity index (χ0n) is 8.25. The minimum atomic E-state index is 0.383. The summed E-state index contributed by atoms with van der Waals surface area (Å²) >= 11 is 2.12. The fourth-order valence-electron chi connectivity index (χ4n) is 2.56. The molecule has 0 bridgehead atoms. The molecule has 1 spiro atoms. The molecule has 1 saturated heterocycles. The minimum Gasteiger partial charge on any atom is -0.302 e. The van der Waals surface area contributed by atoms with Gasteiger partial charge in [0, 0.05) is 18.7 Å². The lowest BCUT2D eigenvalue weighted by Gasteiger charge is -2.34. The molecular formula is C12H15NS. The first-order chi connectivity index (χ1) is 6.88. The number of aryl methyl sites for hydroxylation is 1. The first-order valence-corrected chi connectivity index (χ1v) is 6.32. The highest BCUT2D eigenvalue weighted by atomic mass is 32.2. The number of rotatable bonds is 0. The maximum Gasteiger partial charge on any atom is 0.0689 e. The Balaban J connectivity index is 1.92. The standard InChI is InChI=1S/C12H15NS/c1-2-4-11-9-12(13-7-8-14-12)6-5-10(11)3-1/h1-4,13H,5-9H2. The van der Waals surface area contributed by atoms with Crippen molar-refractivity contribution in [3.05, 3.63) is 35.4 Å². The molecule has 1 aromatic carbocycles. The average molecular weight is 205 g/mol. The van der Waals surface area contributed by atoms with Gasteiger partial charge in [-0.15, -0.1) is 11.8 Å². The summed E-state index contributed by atoms with van der Waals surface area (Å²) in [7, 11) is 0. The van der Waals surface area contributed by atoms with Gasteiger partial charge in [-0.05, 0) is 24.0 Å². The van der Waals surface area contributed by atoms with Crippen LogP contribution in [0.2, 0.25) is 0 Å². The molecule has 0 saturated carbocycles. The van der Waals surface area contributed by atoms with Gasteiger partial charge in [-0.3, -0.25) is 0 Å². The van der Waals surface area contributed by atoms with E-state index >= 15 is 0 Å².